The number of amides is 1. The van der Waals surface area contributed by atoms with E-state index in [4.69, 9.17) is 0 Å². The normalized spacial score (nSPS) is 15.0. The lowest BCUT2D eigenvalue weighted by atomic mass is 10.2. The molecule has 1 heterocycles. The third-order valence-corrected chi connectivity index (χ3v) is 6.76. The first kappa shape index (κ1) is 20.5. The number of rotatable bonds is 7. The molecule has 0 aliphatic carbocycles. The molecule has 0 saturated carbocycles. The summed E-state index contributed by atoms with van der Waals surface area (Å²) in [5, 5.41) is 3.20. The van der Waals surface area contributed by atoms with E-state index in [1.54, 1.807) is 17.0 Å². The topological polar surface area (TPSA) is 69.7 Å². The van der Waals surface area contributed by atoms with E-state index in [2.05, 4.69) is 5.32 Å². The molecular weight excluding hydrogens is 374 g/mol. The van der Waals surface area contributed by atoms with Crippen LogP contribution < -0.4 is 5.32 Å². The lowest BCUT2D eigenvalue weighted by molar-refractivity contribution is -0.132. The Morgan fingerprint density at radius 2 is 1.64 bits per heavy atom. The van der Waals surface area contributed by atoms with Crippen molar-refractivity contribution < 1.29 is 13.2 Å². The maximum atomic E-state index is 13.3. The molecule has 2 aromatic rings. The van der Waals surface area contributed by atoms with Crippen LogP contribution in [0.25, 0.3) is 0 Å². The molecule has 0 aromatic heterocycles. The Hall–Kier alpha value is -2.22. The molecule has 28 heavy (non-hydrogen) atoms. The van der Waals surface area contributed by atoms with Crippen molar-refractivity contribution in [1.29, 1.82) is 0 Å². The van der Waals surface area contributed by atoms with Gasteiger partial charge in [0.15, 0.2) is 0 Å². The fraction of sp³-hybridized carbons (Fsp3) is 0.381. The Balaban J connectivity index is 1.86. The first-order valence-electron chi connectivity index (χ1n) is 9.62. The van der Waals surface area contributed by atoms with Gasteiger partial charge in [0.2, 0.25) is 15.9 Å². The number of hydrogen-bond donors (Lipinski definition) is 1. The van der Waals surface area contributed by atoms with E-state index in [9.17, 15) is 13.2 Å². The zero-order chi connectivity index (χ0) is 20.0. The van der Waals surface area contributed by atoms with Crippen LogP contribution in [0.5, 0.6) is 0 Å². The molecule has 1 N–H and O–H groups in total. The molecule has 1 aliphatic heterocycles. The van der Waals surface area contributed by atoms with Gasteiger partial charge in [-0.15, -0.1) is 0 Å². The van der Waals surface area contributed by atoms with Crippen molar-refractivity contribution in [3.8, 4) is 0 Å². The number of hydrogen-bond acceptors (Lipinski definition) is 4. The molecular formula is C21H27N3O3S. The summed E-state index contributed by atoms with van der Waals surface area (Å²) >= 11 is 0. The van der Waals surface area contributed by atoms with Crippen molar-refractivity contribution in [2.45, 2.75) is 24.8 Å². The van der Waals surface area contributed by atoms with E-state index in [1.807, 2.05) is 49.4 Å². The fourth-order valence-corrected chi connectivity index (χ4v) is 4.60. The molecule has 0 spiro atoms. The molecule has 0 radical (unpaired) electrons. The SMILES string of the molecule is CCc1ccc(S(=O)(=O)N(CC(=O)N2CCNCC2)Cc2ccccc2)cc1. The van der Waals surface area contributed by atoms with Crippen LogP contribution in [-0.2, 0) is 27.8 Å². The zero-order valence-electron chi connectivity index (χ0n) is 16.2. The van der Waals surface area contributed by atoms with Crippen molar-refractivity contribution in [2.75, 3.05) is 32.7 Å². The molecule has 7 heteroatoms. The van der Waals surface area contributed by atoms with Gasteiger partial charge in [-0.05, 0) is 29.7 Å². The largest absolute Gasteiger partial charge is 0.339 e. The van der Waals surface area contributed by atoms with Gasteiger partial charge in [-0.25, -0.2) is 8.42 Å². The highest BCUT2D eigenvalue weighted by molar-refractivity contribution is 7.89. The lowest BCUT2D eigenvalue weighted by Gasteiger charge is -2.30. The van der Waals surface area contributed by atoms with Gasteiger partial charge in [0.25, 0.3) is 0 Å². The minimum Gasteiger partial charge on any atom is -0.339 e. The van der Waals surface area contributed by atoms with Crippen molar-refractivity contribution in [1.82, 2.24) is 14.5 Å². The number of nitrogens with zero attached hydrogens (tertiary/aromatic N) is 2. The Bertz CT molecular complexity index is 877. The average molecular weight is 402 g/mol. The highest BCUT2D eigenvalue weighted by Gasteiger charge is 2.29. The van der Waals surface area contributed by atoms with Crippen LogP contribution in [0.15, 0.2) is 59.5 Å². The van der Waals surface area contributed by atoms with Crippen LogP contribution in [0, 0.1) is 0 Å². The quantitative estimate of drug-likeness (QED) is 0.769. The van der Waals surface area contributed by atoms with E-state index < -0.39 is 10.0 Å². The van der Waals surface area contributed by atoms with Crippen LogP contribution in [0.1, 0.15) is 18.1 Å². The summed E-state index contributed by atoms with van der Waals surface area (Å²) in [4.78, 5) is 14.7. The van der Waals surface area contributed by atoms with Crippen LogP contribution in [0.4, 0.5) is 0 Å². The summed E-state index contributed by atoms with van der Waals surface area (Å²) in [6.45, 7) is 4.69. The zero-order valence-corrected chi connectivity index (χ0v) is 17.0. The van der Waals surface area contributed by atoms with Gasteiger partial charge in [0, 0.05) is 32.7 Å². The van der Waals surface area contributed by atoms with Crippen LogP contribution >= 0.6 is 0 Å². The number of piperazine rings is 1. The molecule has 1 aliphatic rings. The molecule has 1 amide bonds. The molecule has 0 unspecified atom stereocenters. The first-order chi connectivity index (χ1) is 13.5. The fourth-order valence-electron chi connectivity index (χ4n) is 3.22. The second kappa shape index (κ2) is 9.32. The highest BCUT2D eigenvalue weighted by Crippen LogP contribution is 2.20. The third kappa shape index (κ3) is 4.98. The van der Waals surface area contributed by atoms with E-state index in [0.717, 1.165) is 30.6 Å². The van der Waals surface area contributed by atoms with Gasteiger partial charge < -0.3 is 10.2 Å². The minimum absolute atomic E-state index is 0.160. The summed E-state index contributed by atoms with van der Waals surface area (Å²) in [5.74, 6) is -0.161. The number of benzene rings is 2. The Morgan fingerprint density at radius 1 is 1.00 bits per heavy atom. The molecule has 3 rings (SSSR count). The summed E-state index contributed by atoms with van der Waals surface area (Å²) in [6, 6.07) is 16.3. The number of aryl methyl sites for hydroxylation is 1. The molecule has 150 valence electrons. The maximum absolute atomic E-state index is 13.3. The summed E-state index contributed by atoms with van der Waals surface area (Å²) in [5.41, 5.74) is 1.93. The molecule has 6 nitrogen and oxygen atoms in total. The van der Waals surface area contributed by atoms with E-state index in [-0.39, 0.29) is 23.9 Å². The minimum atomic E-state index is -3.79. The molecule has 2 aromatic carbocycles. The predicted molar refractivity (Wildman–Crippen MR) is 109 cm³/mol. The average Bonchev–Trinajstić information content (AvgIpc) is 2.74. The Morgan fingerprint density at radius 3 is 2.25 bits per heavy atom. The molecule has 0 atom stereocenters. The van der Waals surface area contributed by atoms with Gasteiger partial charge in [-0.2, -0.15) is 4.31 Å². The third-order valence-electron chi connectivity index (χ3n) is 4.95. The smallest absolute Gasteiger partial charge is 0.243 e. The van der Waals surface area contributed by atoms with Crippen molar-refractivity contribution in [3.05, 3.63) is 65.7 Å². The summed E-state index contributed by atoms with van der Waals surface area (Å²) in [7, 11) is -3.79. The van der Waals surface area contributed by atoms with Crippen molar-refractivity contribution in [3.63, 3.8) is 0 Å². The van der Waals surface area contributed by atoms with Gasteiger partial charge in [-0.3, -0.25) is 4.79 Å². The van der Waals surface area contributed by atoms with Gasteiger partial charge >= 0.3 is 0 Å². The second-order valence-electron chi connectivity index (χ2n) is 6.89. The van der Waals surface area contributed by atoms with Crippen molar-refractivity contribution in [2.24, 2.45) is 0 Å². The monoisotopic (exact) mass is 401 g/mol. The Kier molecular flexibility index (Phi) is 6.83. The maximum Gasteiger partial charge on any atom is 0.243 e. The van der Waals surface area contributed by atoms with Crippen LogP contribution in [0.3, 0.4) is 0 Å². The molecule has 0 bridgehead atoms. The summed E-state index contributed by atoms with van der Waals surface area (Å²) in [6.07, 6.45) is 0.843. The van der Waals surface area contributed by atoms with Gasteiger partial charge in [0.05, 0.1) is 11.4 Å². The van der Waals surface area contributed by atoms with E-state index in [1.165, 1.54) is 4.31 Å². The number of sulfonamides is 1. The Labute approximate surface area is 167 Å². The van der Waals surface area contributed by atoms with E-state index >= 15 is 0 Å². The molecule has 1 fully saturated rings. The number of carbonyl (C=O) groups excluding carboxylic acids is 1. The number of carbonyl (C=O) groups is 1. The van der Waals surface area contributed by atoms with Crippen molar-refractivity contribution >= 4 is 15.9 Å². The van der Waals surface area contributed by atoms with Gasteiger partial charge in [-0.1, -0.05) is 49.4 Å². The second-order valence-corrected chi connectivity index (χ2v) is 8.82. The first-order valence-corrected chi connectivity index (χ1v) is 11.1. The van der Waals surface area contributed by atoms with Crippen LogP contribution in [0.2, 0.25) is 0 Å². The predicted octanol–water partition coefficient (Wildman–Crippen LogP) is 1.87. The summed E-state index contributed by atoms with van der Waals surface area (Å²) < 4.78 is 27.9. The van der Waals surface area contributed by atoms with Gasteiger partial charge in [0.1, 0.15) is 0 Å². The molecule has 1 saturated heterocycles. The van der Waals surface area contributed by atoms with E-state index in [0.29, 0.717) is 13.1 Å². The number of nitrogens with one attached hydrogen (secondary N) is 1. The van der Waals surface area contributed by atoms with Crippen LogP contribution in [-0.4, -0.2) is 56.3 Å². The lowest BCUT2D eigenvalue weighted by Crippen LogP contribution is -2.50. The highest BCUT2D eigenvalue weighted by atomic mass is 32.2. The standard InChI is InChI=1S/C21H27N3O3S/c1-2-18-8-10-20(11-9-18)28(26,27)24(16-19-6-4-3-5-7-19)17-21(25)23-14-12-22-13-15-23/h3-11,22H,2,12-17H2,1H3.